The SMILES string of the molecule is Cc1cccc(NC(=O)CN(C)Cc2ccccc2Cl)c1C. The number of amides is 1. The Balaban J connectivity index is 1.94. The average molecular weight is 317 g/mol. The Labute approximate surface area is 136 Å². The van der Waals surface area contributed by atoms with Crippen molar-refractivity contribution < 1.29 is 4.79 Å². The van der Waals surface area contributed by atoms with Gasteiger partial charge < -0.3 is 5.32 Å². The van der Waals surface area contributed by atoms with E-state index in [1.807, 2.05) is 68.3 Å². The molecule has 0 spiro atoms. The van der Waals surface area contributed by atoms with Crippen molar-refractivity contribution in [2.75, 3.05) is 18.9 Å². The molecule has 0 radical (unpaired) electrons. The van der Waals surface area contributed by atoms with Crippen LogP contribution in [0.15, 0.2) is 42.5 Å². The van der Waals surface area contributed by atoms with Gasteiger partial charge >= 0.3 is 0 Å². The molecule has 1 amide bonds. The molecular formula is C18H21ClN2O. The van der Waals surface area contributed by atoms with E-state index in [2.05, 4.69) is 5.32 Å². The van der Waals surface area contributed by atoms with Crippen molar-refractivity contribution in [3.63, 3.8) is 0 Å². The molecule has 3 nitrogen and oxygen atoms in total. The van der Waals surface area contributed by atoms with Crippen molar-refractivity contribution in [1.82, 2.24) is 4.90 Å². The number of rotatable bonds is 5. The molecule has 1 N–H and O–H groups in total. The van der Waals surface area contributed by atoms with Crippen LogP contribution in [0.3, 0.4) is 0 Å². The summed E-state index contributed by atoms with van der Waals surface area (Å²) >= 11 is 6.15. The second-order valence-electron chi connectivity index (χ2n) is 5.56. The Hall–Kier alpha value is -1.84. The van der Waals surface area contributed by atoms with Crippen LogP contribution in [0.5, 0.6) is 0 Å². The minimum atomic E-state index is -0.0248. The Morgan fingerprint density at radius 3 is 2.59 bits per heavy atom. The van der Waals surface area contributed by atoms with Crippen LogP contribution < -0.4 is 5.32 Å². The van der Waals surface area contributed by atoms with Crippen molar-refractivity contribution >= 4 is 23.2 Å². The molecule has 0 aliphatic carbocycles. The van der Waals surface area contributed by atoms with Crippen LogP contribution in [0.1, 0.15) is 16.7 Å². The molecule has 0 saturated heterocycles. The van der Waals surface area contributed by atoms with Gasteiger partial charge in [-0.05, 0) is 49.7 Å². The molecule has 4 heteroatoms. The molecule has 0 unspecified atom stereocenters. The number of hydrogen-bond donors (Lipinski definition) is 1. The number of hydrogen-bond acceptors (Lipinski definition) is 2. The van der Waals surface area contributed by atoms with Crippen LogP contribution in [0.2, 0.25) is 5.02 Å². The van der Waals surface area contributed by atoms with Crippen LogP contribution in [0.4, 0.5) is 5.69 Å². The molecule has 0 atom stereocenters. The first kappa shape index (κ1) is 16.5. The van der Waals surface area contributed by atoms with Crippen molar-refractivity contribution in [2.24, 2.45) is 0 Å². The number of carbonyl (C=O) groups excluding carboxylic acids is 1. The third-order valence-electron chi connectivity index (χ3n) is 3.69. The van der Waals surface area contributed by atoms with Gasteiger partial charge in [0.2, 0.25) is 5.91 Å². The van der Waals surface area contributed by atoms with E-state index >= 15 is 0 Å². The lowest BCUT2D eigenvalue weighted by Gasteiger charge is -2.18. The summed E-state index contributed by atoms with van der Waals surface area (Å²) in [4.78, 5) is 14.1. The Kier molecular flexibility index (Phi) is 5.58. The van der Waals surface area contributed by atoms with E-state index in [4.69, 9.17) is 11.6 Å². The molecule has 2 aromatic carbocycles. The maximum Gasteiger partial charge on any atom is 0.238 e. The van der Waals surface area contributed by atoms with Gasteiger partial charge in [-0.25, -0.2) is 0 Å². The Bertz CT molecular complexity index is 670. The van der Waals surface area contributed by atoms with Gasteiger partial charge in [0.25, 0.3) is 0 Å². The van der Waals surface area contributed by atoms with E-state index < -0.39 is 0 Å². The molecule has 22 heavy (non-hydrogen) atoms. The first-order valence-corrected chi connectivity index (χ1v) is 7.63. The third-order valence-corrected chi connectivity index (χ3v) is 4.06. The molecule has 0 aliphatic rings. The molecule has 2 aromatic rings. The summed E-state index contributed by atoms with van der Waals surface area (Å²) in [5, 5.41) is 3.69. The minimum absolute atomic E-state index is 0.0248. The maximum atomic E-state index is 12.2. The van der Waals surface area contributed by atoms with Gasteiger partial charge in [0.1, 0.15) is 0 Å². The van der Waals surface area contributed by atoms with Crippen LogP contribution in [-0.4, -0.2) is 24.4 Å². The molecule has 0 fully saturated rings. The average Bonchev–Trinajstić information content (AvgIpc) is 2.46. The summed E-state index contributed by atoms with van der Waals surface area (Å²) in [7, 11) is 1.91. The lowest BCUT2D eigenvalue weighted by molar-refractivity contribution is -0.117. The predicted octanol–water partition coefficient (Wildman–Crippen LogP) is 4.03. The fraction of sp³-hybridized carbons (Fsp3) is 0.278. The highest BCUT2D eigenvalue weighted by atomic mass is 35.5. The second-order valence-corrected chi connectivity index (χ2v) is 5.97. The Morgan fingerprint density at radius 2 is 1.86 bits per heavy atom. The van der Waals surface area contributed by atoms with Crippen LogP contribution in [-0.2, 0) is 11.3 Å². The third kappa shape index (κ3) is 4.33. The first-order chi connectivity index (χ1) is 10.5. The van der Waals surface area contributed by atoms with Gasteiger partial charge in [0.05, 0.1) is 6.54 Å². The summed E-state index contributed by atoms with van der Waals surface area (Å²) in [6.45, 7) is 5.01. The molecular weight excluding hydrogens is 296 g/mol. The van der Waals surface area contributed by atoms with Gasteiger partial charge in [0, 0.05) is 17.3 Å². The number of nitrogens with one attached hydrogen (secondary N) is 1. The van der Waals surface area contributed by atoms with Gasteiger partial charge in [-0.2, -0.15) is 0 Å². The molecule has 0 saturated carbocycles. The molecule has 0 heterocycles. The molecule has 0 aliphatic heterocycles. The van der Waals surface area contributed by atoms with Gasteiger partial charge in [-0.3, -0.25) is 9.69 Å². The van der Waals surface area contributed by atoms with E-state index in [0.717, 1.165) is 21.8 Å². The van der Waals surface area contributed by atoms with Crippen LogP contribution >= 0.6 is 11.6 Å². The largest absolute Gasteiger partial charge is 0.325 e. The van der Waals surface area contributed by atoms with Crippen molar-refractivity contribution in [2.45, 2.75) is 20.4 Å². The highest BCUT2D eigenvalue weighted by molar-refractivity contribution is 6.31. The van der Waals surface area contributed by atoms with Crippen LogP contribution in [0, 0.1) is 13.8 Å². The molecule has 0 aromatic heterocycles. The molecule has 116 valence electrons. The topological polar surface area (TPSA) is 32.3 Å². The lowest BCUT2D eigenvalue weighted by atomic mass is 10.1. The first-order valence-electron chi connectivity index (χ1n) is 7.25. The van der Waals surface area contributed by atoms with Crippen LogP contribution in [0.25, 0.3) is 0 Å². The zero-order chi connectivity index (χ0) is 16.1. The normalized spacial score (nSPS) is 10.8. The lowest BCUT2D eigenvalue weighted by Crippen LogP contribution is -2.30. The van der Waals surface area contributed by atoms with E-state index in [9.17, 15) is 4.79 Å². The smallest absolute Gasteiger partial charge is 0.238 e. The second kappa shape index (κ2) is 7.43. The highest BCUT2D eigenvalue weighted by Crippen LogP contribution is 2.18. The number of halogens is 1. The summed E-state index contributed by atoms with van der Waals surface area (Å²) in [6.07, 6.45) is 0. The number of carbonyl (C=O) groups is 1. The monoisotopic (exact) mass is 316 g/mol. The van der Waals surface area contributed by atoms with Crippen molar-refractivity contribution in [3.05, 3.63) is 64.2 Å². The van der Waals surface area contributed by atoms with E-state index in [-0.39, 0.29) is 5.91 Å². The number of anilines is 1. The number of aryl methyl sites for hydroxylation is 1. The quantitative estimate of drug-likeness (QED) is 0.903. The summed E-state index contributed by atoms with van der Waals surface area (Å²) in [5.74, 6) is -0.0248. The van der Waals surface area contributed by atoms with E-state index in [0.29, 0.717) is 13.1 Å². The zero-order valence-electron chi connectivity index (χ0n) is 13.2. The van der Waals surface area contributed by atoms with Gasteiger partial charge in [-0.1, -0.05) is 41.9 Å². The summed E-state index contributed by atoms with van der Waals surface area (Å²) < 4.78 is 0. The summed E-state index contributed by atoms with van der Waals surface area (Å²) in [5.41, 5.74) is 4.16. The van der Waals surface area contributed by atoms with E-state index in [1.54, 1.807) is 0 Å². The van der Waals surface area contributed by atoms with Crippen molar-refractivity contribution in [1.29, 1.82) is 0 Å². The van der Waals surface area contributed by atoms with Gasteiger partial charge in [0.15, 0.2) is 0 Å². The Morgan fingerprint density at radius 1 is 1.14 bits per heavy atom. The fourth-order valence-electron chi connectivity index (χ4n) is 2.29. The predicted molar refractivity (Wildman–Crippen MR) is 92.3 cm³/mol. The fourth-order valence-corrected chi connectivity index (χ4v) is 2.49. The summed E-state index contributed by atoms with van der Waals surface area (Å²) in [6, 6.07) is 13.6. The van der Waals surface area contributed by atoms with Crippen molar-refractivity contribution in [3.8, 4) is 0 Å². The maximum absolute atomic E-state index is 12.2. The zero-order valence-corrected chi connectivity index (χ0v) is 13.9. The highest BCUT2D eigenvalue weighted by Gasteiger charge is 2.10. The number of likely N-dealkylation sites (N-methyl/N-ethyl adjacent to an activating group) is 1. The minimum Gasteiger partial charge on any atom is -0.325 e. The van der Waals surface area contributed by atoms with E-state index in [1.165, 1.54) is 5.56 Å². The number of nitrogens with zero attached hydrogens (tertiary/aromatic N) is 1. The molecule has 0 bridgehead atoms. The standard InChI is InChI=1S/C18H21ClN2O/c1-13-7-6-10-17(14(13)2)20-18(22)12-21(3)11-15-8-4-5-9-16(15)19/h4-10H,11-12H2,1-3H3,(H,20,22). The number of benzene rings is 2. The molecule has 2 rings (SSSR count). The van der Waals surface area contributed by atoms with Gasteiger partial charge in [-0.15, -0.1) is 0 Å².